The van der Waals surface area contributed by atoms with Crippen LogP contribution in [0.15, 0.2) is 47.6 Å². The molecule has 0 aliphatic carbocycles. The number of nitrogens with one attached hydrogen (secondary N) is 1. The van der Waals surface area contributed by atoms with Crippen LogP contribution in [0.5, 0.6) is 0 Å². The summed E-state index contributed by atoms with van der Waals surface area (Å²) in [6.45, 7) is 7.06. The van der Waals surface area contributed by atoms with Gasteiger partial charge in [-0.1, -0.05) is 32.0 Å². The smallest absolute Gasteiger partial charge is 0.193 e. The summed E-state index contributed by atoms with van der Waals surface area (Å²) < 4.78 is 0. The predicted octanol–water partition coefficient (Wildman–Crippen LogP) is 4.49. The second-order valence-electron chi connectivity index (χ2n) is 5.88. The normalized spacial score (nSPS) is 12.4. The van der Waals surface area contributed by atoms with E-state index in [9.17, 15) is 0 Å². The summed E-state index contributed by atoms with van der Waals surface area (Å²) in [5.41, 5.74) is 10.5. The third-order valence-corrected chi connectivity index (χ3v) is 4.02. The van der Waals surface area contributed by atoms with E-state index in [0.29, 0.717) is 18.4 Å². The zero-order valence-electron chi connectivity index (χ0n) is 14.6. The van der Waals surface area contributed by atoms with E-state index in [2.05, 4.69) is 47.3 Å². The standard InChI is InChI=1S/C19H26N4.HI/c1-4-14(2)17-7-9-18(10-8-17)23-19(20)21-12-11-16-6-5-15(3)22-13-16;/h5-10,13-14H,4,11-12H2,1-3H3,(H3,20,21,23);1H. The number of halogens is 1. The van der Waals surface area contributed by atoms with E-state index in [1.165, 1.54) is 11.1 Å². The number of guanidine groups is 1. The van der Waals surface area contributed by atoms with E-state index >= 15 is 0 Å². The molecule has 24 heavy (non-hydrogen) atoms. The summed E-state index contributed by atoms with van der Waals surface area (Å²) in [6.07, 6.45) is 3.87. The number of nitrogens with two attached hydrogens (primary N) is 1. The van der Waals surface area contributed by atoms with Gasteiger partial charge in [-0.3, -0.25) is 9.98 Å². The molecule has 1 aromatic heterocycles. The zero-order chi connectivity index (χ0) is 16.7. The van der Waals surface area contributed by atoms with Crippen molar-refractivity contribution in [3.05, 3.63) is 59.4 Å². The van der Waals surface area contributed by atoms with Gasteiger partial charge in [0.1, 0.15) is 0 Å². The van der Waals surface area contributed by atoms with Crippen molar-refractivity contribution in [3.63, 3.8) is 0 Å². The SMILES string of the molecule is CCC(C)c1ccc(NC(N)=NCCc2ccc(C)nc2)cc1.I. The number of aliphatic imine (C=N–C) groups is 1. The number of rotatable bonds is 6. The average molecular weight is 438 g/mol. The van der Waals surface area contributed by atoms with Gasteiger partial charge in [-0.25, -0.2) is 0 Å². The molecule has 0 saturated heterocycles. The summed E-state index contributed by atoms with van der Waals surface area (Å²) in [4.78, 5) is 8.65. The molecule has 0 bridgehead atoms. The number of aryl methyl sites for hydroxylation is 1. The van der Waals surface area contributed by atoms with Crippen molar-refractivity contribution in [2.24, 2.45) is 10.7 Å². The van der Waals surface area contributed by atoms with Gasteiger partial charge in [0, 0.05) is 24.1 Å². The van der Waals surface area contributed by atoms with E-state index in [1.807, 2.05) is 31.3 Å². The molecule has 0 saturated carbocycles. The second kappa shape index (κ2) is 10.3. The molecule has 0 aliphatic heterocycles. The first-order chi connectivity index (χ1) is 11.1. The molecule has 0 amide bonds. The highest BCUT2D eigenvalue weighted by Crippen LogP contribution is 2.20. The van der Waals surface area contributed by atoms with Crippen molar-refractivity contribution in [2.45, 2.75) is 39.5 Å². The zero-order valence-corrected chi connectivity index (χ0v) is 17.0. The summed E-state index contributed by atoms with van der Waals surface area (Å²) >= 11 is 0. The van der Waals surface area contributed by atoms with Gasteiger partial charge < -0.3 is 11.1 Å². The van der Waals surface area contributed by atoms with Crippen LogP contribution in [0.2, 0.25) is 0 Å². The molecule has 2 rings (SSSR count). The number of anilines is 1. The highest BCUT2D eigenvalue weighted by Gasteiger charge is 2.02. The van der Waals surface area contributed by atoms with Gasteiger partial charge >= 0.3 is 0 Å². The monoisotopic (exact) mass is 438 g/mol. The third kappa shape index (κ3) is 6.47. The van der Waals surface area contributed by atoms with Crippen LogP contribution in [-0.2, 0) is 6.42 Å². The highest BCUT2D eigenvalue weighted by atomic mass is 127. The van der Waals surface area contributed by atoms with Crippen molar-refractivity contribution < 1.29 is 0 Å². The maximum absolute atomic E-state index is 5.94. The molecule has 130 valence electrons. The van der Waals surface area contributed by atoms with Gasteiger partial charge in [-0.05, 0) is 55.0 Å². The first-order valence-electron chi connectivity index (χ1n) is 8.17. The number of nitrogens with zero attached hydrogens (tertiary/aromatic N) is 2. The van der Waals surface area contributed by atoms with Crippen LogP contribution in [0, 0.1) is 6.92 Å². The van der Waals surface area contributed by atoms with Crippen molar-refractivity contribution in [1.82, 2.24) is 4.98 Å². The van der Waals surface area contributed by atoms with Crippen LogP contribution in [0.4, 0.5) is 5.69 Å². The predicted molar refractivity (Wildman–Crippen MR) is 113 cm³/mol. The van der Waals surface area contributed by atoms with Crippen molar-refractivity contribution in [2.75, 3.05) is 11.9 Å². The Hall–Kier alpha value is -1.63. The van der Waals surface area contributed by atoms with Gasteiger partial charge in [0.25, 0.3) is 0 Å². The van der Waals surface area contributed by atoms with Crippen LogP contribution >= 0.6 is 24.0 Å². The van der Waals surface area contributed by atoms with Gasteiger partial charge in [-0.15, -0.1) is 24.0 Å². The molecule has 1 unspecified atom stereocenters. The molecular weight excluding hydrogens is 411 g/mol. The number of hydrogen-bond donors (Lipinski definition) is 2. The Bertz CT molecular complexity index is 635. The molecule has 0 radical (unpaired) electrons. The fourth-order valence-electron chi connectivity index (χ4n) is 2.27. The number of aromatic nitrogens is 1. The molecule has 1 aromatic carbocycles. The molecular formula is C19H27IN4. The fraction of sp³-hybridized carbons (Fsp3) is 0.368. The Morgan fingerprint density at radius 3 is 2.50 bits per heavy atom. The minimum Gasteiger partial charge on any atom is -0.370 e. The molecule has 0 spiro atoms. The van der Waals surface area contributed by atoms with Gasteiger partial charge in [0.15, 0.2) is 5.96 Å². The van der Waals surface area contributed by atoms with E-state index in [1.54, 1.807) is 0 Å². The fourth-order valence-corrected chi connectivity index (χ4v) is 2.27. The lowest BCUT2D eigenvalue weighted by Gasteiger charge is -2.10. The lowest BCUT2D eigenvalue weighted by atomic mass is 9.99. The molecule has 2 aromatic rings. The van der Waals surface area contributed by atoms with Crippen LogP contribution < -0.4 is 11.1 Å². The van der Waals surface area contributed by atoms with Crippen LogP contribution in [-0.4, -0.2) is 17.5 Å². The van der Waals surface area contributed by atoms with E-state index in [-0.39, 0.29) is 24.0 Å². The Morgan fingerprint density at radius 1 is 1.21 bits per heavy atom. The molecule has 4 nitrogen and oxygen atoms in total. The largest absolute Gasteiger partial charge is 0.370 e. The Kier molecular flexibility index (Phi) is 8.74. The number of pyridine rings is 1. The van der Waals surface area contributed by atoms with Crippen LogP contribution in [0.25, 0.3) is 0 Å². The lowest BCUT2D eigenvalue weighted by molar-refractivity contribution is 0.734. The molecule has 1 heterocycles. The topological polar surface area (TPSA) is 63.3 Å². The first kappa shape index (κ1) is 20.4. The van der Waals surface area contributed by atoms with Crippen molar-refractivity contribution in [3.8, 4) is 0 Å². The van der Waals surface area contributed by atoms with E-state index in [4.69, 9.17) is 5.73 Å². The highest BCUT2D eigenvalue weighted by molar-refractivity contribution is 14.0. The van der Waals surface area contributed by atoms with Crippen LogP contribution in [0.1, 0.15) is 43.0 Å². The van der Waals surface area contributed by atoms with Crippen molar-refractivity contribution in [1.29, 1.82) is 0 Å². The maximum atomic E-state index is 5.94. The molecule has 0 fully saturated rings. The third-order valence-electron chi connectivity index (χ3n) is 4.02. The summed E-state index contributed by atoms with van der Waals surface area (Å²) in [7, 11) is 0. The number of benzene rings is 1. The second-order valence-corrected chi connectivity index (χ2v) is 5.88. The van der Waals surface area contributed by atoms with Gasteiger partial charge in [-0.2, -0.15) is 0 Å². The summed E-state index contributed by atoms with van der Waals surface area (Å²) in [6, 6.07) is 12.5. The quantitative estimate of drug-likeness (QED) is 0.397. The molecule has 1 atom stereocenters. The Morgan fingerprint density at radius 2 is 1.92 bits per heavy atom. The maximum Gasteiger partial charge on any atom is 0.193 e. The van der Waals surface area contributed by atoms with E-state index < -0.39 is 0 Å². The molecule has 0 aliphatic rings. The minimum absolute atomic E-state index is 0. The average Bonchev–Trinajstić information content (AvgIpc) is 2.56. The van der Waals surface area contributed by atoms with E-state index in [0.717, 1.165) is 24.2 Å². The molecule has 3 N–H and O–H groups in total. The summed E-state index contributed by atoms with van der Waals surface area (Å²) in [5, 5.41) is 3.13. The Labute approximate surface area is 162 Å². The first-order valence-corrected chi connectivity index (χ1v) is 8.17. The van der Waals surface area contributed by atoms with Crippen LogP contribution in [0.3, 0.4) is 0 Å². The lowest BCUT2D eigenvalue weighted by Crippen LogP contribution is -2.23. The van der Waals surface area contributed by atoms with Gasteiger partial charge in [0.05, 0.1) is 0 Å². The summed E-state index contributed by atoms with van der Waals surface area (Å²) in [5.74, 6) is 1.03. The minimum atomic E-state index is 0. The van der Waals surface area contributed by atoms with Crippen molar-refractivity contribution >= 4 is 35.6 Å². The Balaban J connectivity index is 0.00000288. The number of hydrogen-bond acceptors (Lipinski definition) is 2. The molecule has 5 heteroatoms. The van der Waals surface area contributed by atoms with Gasteiger partial charge in [0.2, 0.25) is 0 Å².